The molecule has 1 aromatic carbocycles. The standard InChI is InChI=1S/C14H19N3S/c1-10(2)15-9-8-13-16-17-14(18-13)12-6-4-11(3)5-7-12/h4-7,10,15H,8-9H2,1-3H3. The maximum atomic E-state index is 4.25. The molecule has 0 unspecified atom stereocenters. The molecule has 2 rings (SSSR count). The van der Waals surface area contributed by atoms with Crippen molar-refractivity contribution in [1.82, 2.24) is 15.5 Å². The average Bonchev–Trinajstić information content (AvgIpc) is 2.78. The van der Waals surface area contributed by atoms with Crippen LogP contribution in [0.15, 0.2) is 24.3 Å². The van der Waals surface area contributed by atoms with Gasteiger partial charge < -0.3 is 5.32 Å². The van der Waals surface area contributed by atoms with Gasteiger partial charge in [-0.25, -0.2) is 0 Å². The third-order valence-electron chi connectivity index (χ3n) is 2.66. The van der Waals surface area contributed by atoms with E-state index in [9.17, 15) is 0 Å². The van der Waals surface area contributed by atoms with Crippen LogP contribution in [0.25, 0.3) is 10.6 Å². The number of nitrogens with one attached hydrogen (secondary N) is 1. The topological polar surface area (TPSA) is 37.8 Å². The highest BCUT2D eigenvalue weighted by molar-refractivity contribution is 7.14. The van der Waals surface area contributed by atoms with Gasteiger partial charge in [0.25, 0.3) is 0 Å². The first-order valence-electron chi connectivity index (χ1n) is 6.28. The van der Waals surface area contributed by atoms with Gasteiger partial charge in [0.2, 0.25) is 0 Å². The van der Waals surface area contributed by atoms with Crippen molar-refractivity contribution in [2.45, 2.75) is 33.2 Å². The van der Waals surface area contributed by atoms with Gasteiger partial charge in [0.15, 0.2) is 0 Å². The molecule has 2 aromatic rings. The zero-order valence-corrected chi connectivity index (χ0v) is 11.9. The van der Waals surface area contributed by atoms with Crippen molar-refractivity contribution in [1.29, 1.82) is 0 Å². The Bertz CT molecular complexity index is 488. The van der Waals surface area contributed by atoms with Crippen molar-refractivity contribution in [3.8, 4) is 10.6 Å². The lowest BCUT2D eigenvalue weighted by Crippen LogP contribution is -2.24. The molecular weight excluding hydrogens is 242 g/mol. The summed E-state index contributed by atoms with van der Waals surface area (Å²) in [5.41, 5.74) is 2.42. The molecule has 0 saturated heterocycles. The third kappa shape index (κ3) is 3.62. The number of hydrogen-bond donors (Lipinski definition) is 1. The fraction of sp³-hybridized carbons (Fsp3) is 0.429. The molecule has 0 aliphatic carbocycles. The van der Waals surface area contributed by atoms with Crippen LogP contribution in [-0.2, 0) is 6.42 Å². The van der Waals surface area contributed by atoms with E-state index in [0.29, 0.717) is 6.04 Å². The summed E-state index contributed by atoms with van der Waals surface area (Å²) in [6.45, 7) is 7.35. The molecule has 96 valence electrons. The zero-order chi connectivity index (χ0) is 13.0. The van der Waals surface area contributed by atoms with Crippen LogP contribution in [0.1, 0.15) is 24.4 Å². The summed E-state index contributed by atoms with van der Waals surface area (Å²) >= 11 is 1.68. The van der Waals surface area contributed by atoms with Gasteiger partial charge >= 0.3 is 0 Å². The molecular formula is C14H19N3S. The van der Waals surface area contributed by atoms with Gasteiger partial charge in [-0.15, -0.1) is 10.2 Å². The molecule has 3 nitrogen and oxygen atoms in total. The molecule has 1 N–H and O–H groups in total. The van der Waals surface area contributed by atoms with Crippen molar-refractivity contribution >= 4 is 11.3 Å². The minimum Gasteiger partial charge on any atom is -0.314 e. The van der Waals surface area contributed by atoms with E-state index in [0.717, 1.165) is 28.5 Å². The molecule has 0 amide bonds. The van der Waals surface area contributed by atoms with Gasteiger partial charge in [0.05, 0.1) is 0 Å². The van der Waals surface area contributed by atoms with Gasteiger partial charge in [-0.05, 0) is 6.92 Å². The zero-order valence-electron chi connectivity index (χ0n) is 11.1. The second-order valence-corrected chi connectivity index (χ2v) is 5.79. The van der Waals surface area contributed by atoms with Gasteiger partial charge in [-0.2, -0.15) is 0 Å². The summed E-state index contributed by atoms with van der Waals surface area (Å²) in [7, 11) is 0. The number of benzene rings is 1. The first kappa shape index (κ1) is 13.2. The molecule has 0 bridgehead atoms. The maximum Gasteiger partial charge on any atom is 0.147 e. The summed E-state index contributed by atoms with van der Waals surface area (Å²) in [5.74, 6) is 0. The number of nitrogens with zero attached hydrogens (tertiary/aromatic N) is 2. The number of aromatic nitrogens is 2. The van der Waals surface area contributed by atoms with Crippen LogP contribution in [0.3, 0.4) is 0 Å². The molecule has 1 aromatic heterocycles. The van der Waals surface area contributed by atoms with E-state index < -0.39 is 0 Å². The fourth-order valence-electron chi connectivity index (χ4n) is 1.64. The third-order valence-corrected chi connectivity index (χ3v) is 3.69. The van der Waals surface area contributed by atoms with Crippen LogP contribution < -0.4 is 5.32 Å². The maximum absolute atomic E-state index is 4.25. The smallest absolute Gasteiger partial charge is 0.147 e. The van der Waals surface area contributed by atoms with E-state index in [1.54, 1.807) is 11.3 Å². The Morgan fingerprint density at radius 2 is 1.89 bits per heavy atom. The van der Waals surface area contributed by atoms with E-state index in [4.69, 9.17) is 0 Å². The van der Waals surface area contributed by atoms with E-state index in [2.05, 4.69) is 60.6 Å². The molecule has 0 aliphatic heterocycles. The van der Waals surface area contributed by atoms with Crippen molar-refractivity contribution in [3.63, 3.8) is 0 Å². The molecule has 0 aliphatic rings. The number of hydrogen-bond acceptors (Lipinski definition) is 4. The first-order valence-corrected chi connectivity index (χ1v) is 7.09. The largest absolute Gasteiger partial charge is 0.314 e. The van der Waals surface area contributed by atoms with Crippen molar-refractivity contribution in [3.05, 3.63) is 34.8 Å². The summed E-state index contributed by atoms with van der Waals surface area (Å²) in [6.07, 6.45) is 0.946. The minimum atomic E-state index is 0.523. The van der Waals surface area contributed by atoms with Gasteiger partial charge in [0.1, 0.15) is 10.0 Å². The Morgan fingerprint density at radius 1 is 1.17 bits per heavy atom. The summed E-state index contributed by atoms with van der Waals surface area (Å²) in [5, 5.41) is 14.0. The highest BCUT2D eigenvalue weighted by Crippen LogP contribution is 2.23. The molecule has 1 heterocycles. The molecule has 18 heavy (non-hydrogen) atoms. The predicted molar refractivity (Wildman–Crippen MR) is 76.9 cm³/mol. The fourth-order valence-corrected chi connectivity index (χ4v) is 2.48. The van der Waals surface area contributed by atoms with E-state index in [-0.39, 0.29) is 0 Å². The quantitative estimate of drug-likeness (QED) is 0.899. The monoisotopic (exact) mass is 261 g/mol. The summed E-state index contributed by atoms with van der Waals surface area (Å²) in [6, 6.07) is 8.94. The van der Waals surface area contributed by atoms with Gasteiger partial charge in [-0.1, -0.05) is 55.0 Å². The van der Waals surface area contributed by atoms with Gasteiger partial charge in [0, 0.05) is 24.6 Å². The van der Waals surface area contributed by atoms with Crippen LogP contribution >= 0.6 is 11.3 Å². The first-order chi connectivity index (χ1) is 8.65. The molecule has 4 heteroatoms. The normalized spacial score (nSPS) is 11.1. The van der Waals surface area contributed by atoms with Crippen LogP contribution in [0.4, 0.5) is 0 Å². The van der Waals surface area contributed by atoms with Gasteiger partial charge in [-0.3, -0.25) is 0 Å². The molecule has 0 atom stereocenters. The Morgan fingerprint density at radius 3 is 2.56 bits per heavy atom. The summed E-state index contributed by atoms with van der Waals surface area (Å²) in [4.78, 5) is 0. The van der Waals surface area contributed by atoms with Crippen LogP contribution in [-0.4, -0.2) is 22.8 Å². The lowest BCUT2D eigenvalue weighted by atomic mass is 10.2. The van der Waals surface area contributed by atoms with E-state index >= 15 is 0 Å². The average molecular weight is 261 g/mol. The van der Waals surface area contributed by atoms with Crippen LogP contribution in [0.2, 0.25) is 0 Å². The molecule has 0 spiro atoms. The lowest BCUT2D eigenvalue weighted by Gasteiger charge is -2.05. The lowest BCUT2D eigenvalue weighted by molar-refractivity contribution is 0.588. The molecule has 0 radical (unpaired) electrons. The Hall–Kier alpha value is -1.26. The highest BCUT2D eigenvalue weighted by Gasteiger charge is 2.06. The second-order valence-electron chi connectivity index (χ2n) is 4.73. The Kier molecular flexibility index (Phi) is 4.44. The SMILES string of the molecule is Cc1ccc(-c2nnc(CCNC(C)C)s2)cc1. The summed E-state index contributed by atoms with van der Waals surface area (Å²) < 4.78 is 0. The molecule has 0 fully saturated rings. The second kappa shape index (κ2) is 6.07. The Labute approximate surface area is 112 Å². The van der Waals surface area contributed by atoms with Crippen LogP contribution in [0, 0.1) is 6.92 Å². The minimum absolute atomic E-state index is 0.523. The van der Waals surface area contributed by atoms with Crippen molar-refractivity contribution < 1.29 is 0 Å². The van der Waals surface area contributed by atoms with Crippen LogP contribution in [0.5, 0.6) is 0 Å². The van der Waals surface area contributed by atoms with E-state index in [1.165, 1.54) is 5.56 Å². The molecule has 0 saturated carbocycles. The van der Waals surface area contributed by atoms with E-state index in [1.807, 2.05) is 0 Å². The Balaban J connectivity index is 1.99. The predicted octanol–water partition coefficient (Wildman–Crippen LogP) is 3.05. The number of rotatable bonds is 5. The number of aryl methyl sites for hydroxylation is 1. The highest BCUT2D eigenvalue weighted by atomic mass is 32.1. The van der Waals surface area contributed by atoms with Crippen molar-refractivity contribution in [2.24, 2.45) is 0 Å². The van der Waals surface area contributed by atoms with Crippen molar-refractivity contribution in [2.75, 3.05) is 6.54 Å².